The summed E-state index contributed by atoms with van der Waals surface area (Å²) in [5.41, 5.74) is 0. The summed E-state index contributed by atoms with van der Waals surface area (Å²) in [6.07, 6.45) is -0.103. The molecular weight excluding hydrogens is 236 g/mol. The van der Waals surface area contributed by atoms with Crippen LogP contribution in [0, 0.1) is 6.92 Å². The van der Waals surface area contributed by atoms with E-state index in [2.05, 4.69) is 4.74 Å². The van der Waals surface area contributed by atoms with E-state index in [1.807, 2.05) is 6.92 Å². The Bertz CT molecular complexity index is 444. The number of rotatable bonds is 4. The molecule has 1 aromatic heterocycles. The first-order valence-corrected chi connectivity index (χ1v) is 6.83. The fourth-order valence-corrected chi connectivity index (χ4v) is 3.42. The quantitative estimate of drug-likeness (QED) is 0.755. The highest BCUT2D eigenvalue weighted by Crippen LogP contribution is 2.19. The van der Waals surface area contributed by atoms with E-state index in [9.17, 15) is 13.2 Å². The van der Waals surface area contributed by atoms with Crippen LogP contribution in [0.1, 0.15) is 11.3 Å². The van der Waals surface area contributed by atoms with Gasteiger partial charge < -0.3 is 4.74 Å². The van der Waals surface area contributed by atoms with E-state index in [1.165, 1.54) is 18.4 Å². The Morgan fingerprint density at radius 3 is 2.67 bits per heavy atom. The van der Waals surface area contributed by atoms with Gasteiger partial charge in [-0.05, 0) is 13.0 Å². The summed E-state index contributed by atoms with van der Waals surface area (Å²) in [4.78, 5) is 12.0. The fraction of sp³-hybridized carbons (Fsp3) is 0.444. The molecule has 0 spiro atoms. The van der Waals surface area contributed by atoms with Gasteiger partial charge >= 0.3 is 5.97 Å². The van der Waals surface area contributed by atoms with E-state index in [1.54, 1.807) is 11.4 Å². The molecule has 0 aliphatic heterocycles. The molecule has 6 heteroatoms. The second-order valence-corrected chi connectivity index (χ2v) is 6.26. The van der Waals surface area contributed by atoms with Gasteiger partial charge in [-0.15, -0.1) is 11.3 Å². The Kier molecular flexibility index (Phi) is 3.87. The molecule has 1 heterocycles. The summed E-state index contributed by atoms with van der Waals surface area (Å²) in [5.74, 6) is -0.707. The monoisotopic (exact) mass is 248 g/mol. The Morgan fingerprint density at radius 2 is 2.20 bits per heavy atom. The fourth-order valence-electron chi connectivity index (χ4n) is 1.02. The summed E-state index contributed by atoms with van der Waals surface area (Å²) < 4.78 is 27.7. The van der Waals surface area contributed by atoms with E-state index >= 15 is 0 Å². The van der Waals surface area contributed by atoms with Gasteiger partial charge in [0.2, 0.25) is 0 Å². The molecule has 0 radical (unpaired) electrons. The maximum atomic E-state index is 11.7. The molecule has 0 aromatic carbocycles. The van der Waals surface area contributed by atoms with Crippen molar-refractivity contribution in [2.45, 2.75) is 18.2 Å². The highest BCUT2D eigenvalue weighted by atomic mass is 32.2. The number of carbonyl (C=O) groups excluding carboxylic acids is 1. The predicted octanol–water partition coefficient (Wildman–Crippen LogP) is 1.39. The summed E-state index contributed by atoms with van der Waals surface area (Å²) >= 11 is 1.38. The van der Waals surface area contributed by atoms with Crippen molar-refractivity contribution in [2.24, 2.45) is 0 Å². The highest BCUT2D eigenvalue weighted by Gasteiger charge is 2.17. The maximum absolute atomic E-state index is 11.7. The van der Waals surface area contributed by atoms with Crippen LogP contribution < -0.4 is 0 Å². The zero-order chi connectivity index (χ0) is 11.5. The molecule has 0 unspecified atom stereocenters. The standard InChI is InChI=1S/C9H12O4S2/c1-7-5-8(6-14-7)15(11,12)4-3-9(10)13-2/h5-6H,3-4H2,1-2H3. The average molecular weight is 248 g/mol. The molecular formula is C9H12O4S2. The van der Waals surface area contributed by atoms with Crippen LogP contribution in [0.4, 0.5) is 0 Å². The summed E-state index contributed by atoms with van der Waals surface area (Å²) in [6, 6.07) is 1.61. The minimum atomic E-state index is -3.34. The second-order valence-electron chi connectivity index (χ2n) is 3.04. The Balaban J connectivity index is 2.72. The molecule has 0 saturated carbocycles. The molecule has 0 bridgehead atoms. The van der Waals surface area contributed by atoms with Crippen LogP contribution in [0.25, 0.3) is 0 Å². The van der Waals surface area contributed by atoms with Crippen LogP contribution in [-0.4, -0.2) is 27.2 Å². The van der Waals surface area contributed by atoms with Gasteiger partial charge in [-0.2, -0.15) is 0 Å². The van der Waals surface area contributed by atoms with Crippen LogP contribution in [0.5, 0.6) is 0 Å². The van der Waals surface area contributed by atoms with Gasteiger partial charge in [0, 0.05) is 10.3 Å². The Hall–Kier alpha value is -0.880. The van der Waals surface area contributed by atoms with E-state index in [0.717, 1.165) is 4.88 Å². The van der Waals surface area contributed by atoms with Gasteiger partial charge in [-0.3, -0.25) is 4.79 Å². The topological polar surface area (TPSA) is 60.4 Å². The van der Waals surface area contributed by atoms with Crippen LogP contribution in [0.3, 0.4) is 0 Å². The molecule has 4 nitrogen and oxygen atoms in total. The van der Waals surface area contributed by atoms with Gasteiger partial charge in [0.15, 0.2) is 9.84 Å². The predicted molar refractivity (Wildman–Crippen MR) is 57.7 cm³/mol. The molecule has 1 rings (SSSR count). The number of aryl methyl sites for hydroxylation is 1. The molecule has 15 heavy (non-hydrogen) atoms. The minimum Gasteiger partial charge on any atom is -0.469 e. The highest BCUT2D eigenvalue weighted by molar-refractivity contribution is 7.91. The van der Waals surface area contributed by atoms with Crippen LogP contribution in [0.15, 0.2) is 16.3 Å². The number of esters is 1. The molecule has 1 aromatic rings. The lowest BCUT2D eigenvalue weighted by Gasteiger charge is -2.00. The molecule has 0 amide bonds. The molecule has 0 saturated heterocycles. The van der Waals surface area contributed by atoms with Crippen molar-refractivity contribution in [3.63, 3.8) is 0 Å². The van der Waals surface area contributed by atoms with Gasteiger partial charge in [0.05, 0.1) is 24.2 Å². The molecule has 0 aliphatic carbocycles. The van der Waals surface area contributed by atoms with E-state index in [-0.39, 0.29) is 17.1 Å². The van der Waals surface area contributed by atoms with E-state index in [0.29, 0.717) is 0 Å². The van der Waals surface area contributed by atoms with E-state index < -0.39 is 15.8 Å². The third-order valence-electron chi connectivity index (χ3n) is 1.87. The third-order valence-corrected chi connectivity index (χ3v) is 4.57. The van der Waals surface area contributed by atoms with Crippen molar-refractivity contribution in [3.05, 3.63) is 16.3 Å². The van der Waals surface area contributed by atoms with Gasteiger partial charge in [0.1, 0.15) is 0 Å². The smallest absolute Gasteiger partial charge is 0.306 e. The number of methoxy groups -OCH3 is 1. The molecule has 0 aliphatic rings. The van der Waals surface area contributed by atoms with E-state index in [4.69, 9.17) is 0 Å². The van der Waals surface area contributed by atoms with Gasteiger partial charge in [-0.1, -0.05) is 0 Å². The minimum absolute atomic E-state index is 0.103. The normalized spacial score (nSPS) is 11.3. The first-order chi connectivity index (χ1) is 6.95. The zero-order valence-corrected chi connectivity index (χ0v) is 10.2. The largest absolute Gasteiger partial charge is 0.469 e. The lowest BCUT2D eigenvalue weighted by Crippen LogP contribution is -2.11. The van der Waals surface area contributed by atoms with Crippen LogP contribution in [0.2, 0.25) is 0 Å². The number of sulfone groups is 1. The summed E-state index contributed by atoms with van der Waals surface area (Å²) in [7, 11) is -2.10. The number of carbonyl (C=O) groups is 1. The lowest BCUT2D eigenvalue weighted by atomic mass is 10.5. The third kappa shape index (κ3) is 3.32. The molecule has 0 atom stereocenters. The average Bonchev–Trinajstić information content (AvgIpc) is 2.62. The lowest BCUT2D eigenvalue weighted by molar-refractivity contribution is -0.140. The van der Waals surface area contributed by atoms with Crippen molar-refractivity contribution < 1.29 is 17.9 Å². The first-order valence-electron chi connectivity index (χ1n) is 4.30. The Labute approximate surface area is 92.8 Å². The zero-order valence-electron chi connectivity index (χ0n) is 8.52. The number of ether oxygens (including phenoxy) is 1. The second kappa shape index (κ2) is 4.76. The van der Waals surface area contributed by atoms with Crippen molar-refractivity contribution in [3.8, 4) is 0 Å². The summed E-state index contributed by atoms with van der Waals surface area (Å²) in [6.45, 7) is 1.84. The SMILES string of the molecule is COC(=O)CCS(=O)(=O)c1csc(C)c1. The van der Waals surface area contributed by atoms with Crippen molar-refractivity contribution in [1.29, 1.82) is 0 Å². The Morgan fingerprint density at radius 1 is 1.53 bits per heavy atom. The van der Waals surface area contributed by atoms with Crippen LogP contribution >= 0.6 is 11.3 Å². The van der Waals surface area contributed by atoms with Crippen molar-refractivity contribution in [2.75, 3.05) is 12.9 Å². The molecule has 84 valence electrons. The number of hydrogen-bond donors (Lipinski definition) is 0. The van der Waals surface area contributed by atoms with Crippen LogP contribution in [-0.2, 0) is 19.4 Å². The molecule has 0 N–H and O–H groups in total. The molecule has 0 fully saturated rings. The number of hydrogen-bond acceptors (Lipinski definition) is 5. The number of thiophene rings is 1. The first kappa shape index (κ1) is 12.2. The van der Waals surface area contributed by atoms with Gasteiger partial charge in [-0.25, -0.2) is 8.42 Å². The van der Waals surface area contributed by atoms with Crippen molar-refractivity contribution >= 4 is 27.1 Å². The maximum Gasteiger partial charge on any atom is 0.306 e. The summed E-state index contributed by atoms with van der Waals surface area (Å²) in [5, 5.41) is 1.59. The van der Waals surface area contributed by atoms with Crippen molar-refractivity contribution in [1.82, 2.24) is 0 Å². The van der Waals surface area contributed by atoms with Gasteiger partial charge in [0.25, 0.3) is 0 Å².